The lowest BCUT2D eigenvalue weighted by Gasteiger charge is -2.08. The number of rotatable bonds is 5. The van der Waals surface area contributed by atoms with Gasteiger partial charge in [0, 0.05) is 12.1 Å². The first-order valence-electron chi connectivity index (χ1n) is 8.56. The van der Waals surface area contributed by atoms with E-state index in [-0.39, 0.29) is 29.3 Å². The molecule has 12 heteroatoms. The first-order chi connectivity index (χ1) is 14.4. The smallest absolute Gasteiger partial charge is 0.325 e. The average molecular weight is 466 g/mol. The number of carbonyl (C=O) groups excluding carboxylic acids is 2. The molecule has 1 amide bonds. The molecule has 9 nitrogen and oxygen atoms in total. The second-order valence-corrected chi connectivity index (χ2v) is 7.98. The molecule has 1 aromatic carbocycles. The minimum Gasteiger partial charge on any atom is -0.456 e. The summed E-state index contributed by atoms with van der Waals surface area (Å²) in [6.07, 6.45) is 0. The van der Waals surface area contributed by atoms with Gasteiger partial charge in [-0.2, -0.15) is 0 Å². The van der Waals surface area contributed by atoms with E-state index < -0.39 is 11.9 Å². The van der Waals surface area contributed by atoms with Crippen molar-refractivity contribution in [3.8, 4) is 0 Å². The number of amides is 1. The molecular weight excluding hydrogens is 453 g/mol. The van der Waals surface area contributed by atoms with Crippen LogP contribution in [0.3, 0.4) is 0 Å². The first-order valence-corrected chi connectivity index (χ1v) is 10.2. The summed E-state index contributed by atoms with van der Waals surface area (Å²) in [6.45, 7) is -0.540. The van der Waals surface area contributed by atoms with Gasteiger partial charge < -0.3 is 10.1 Å². The standard InChI is InChI=1S/C18H13Cl2N5O4S/c1-24-17(28)15-12(4-5-30-15)25-13(22-23-18(24)25)8-29-14(26)7-21-16(27)10-3-2-9(19)6-11(10)20/h2-6H,7-8H2,1H3,(H,21,27). The van der Waals surface area contributed by atoms with Gasteiger partial charge in [-0.15, -0.1) is 21.5 Å². The van der Waals surface area contributed by atoms with E-state index in [0.29, 0.717) is 26.8 Å². The topological polar surface area (TPSA) is 108 Å². The van der Waals surface area contributed by atoms with Crippen LogP contribution in [0.2, 0.25) is 10.0 Å². The Hall–Kier alpha value is -2.95. The lowest BCUT2D eigenvalue weighted by atomic mass is 10.2. The number of nitrogens with zero attached hydrogens (tertiary/aromatic N) is 4. The largest absolute Gasteiger partial charge is 0.456 e. The molecule has 0 aliphatic rings. The second kappa shape index (κ2) is 8.05. The van der Waals surface area contributed by atoms with Crippen LogP contribution in [0.1, 0.15) is 16.2 Å². The Balaban J connectivity index is 1.45. The summed E-state index contributed by atoms with van der Waals surface area (Å²) in [5.41, 5.74) is 0.657. The zero-order valence-electron chi connectivity index (χ0n) is 15.4. The number of aryl methyl sites for hydroxylation is 1. The second-order valence-electron chi connectivity index (χ2n) is 6.22. The molecule has 154 valence electrons. The molecule has 0 aliphatic carbocycles. The molecule has 0 saturated carbocycles. The van der Waals surface area contributed by atoms with Crippen LogP contribution in [0.25, 0.3) is 16.0 Å². The van der Waals surface area contributed by atoms with Crippen molar-refractivity contribution in [1.29, 1.82) is 0 Å². The maximum atomic E-state index is 12.3. The Bertz CT molecular complexity index is 1360. The third-order valence-corrected chi connectivity index (χ3v) is 5.77. The SMILES string of the molecule is Cn1c(=O)c2sccc2n2c(COC(=O)CNC(=O)c3ccc(Cl)cc3Cl)nnc12. The van der Waals surface area contributed by atoms with Crippen molar-refractivity contribution < 1.29 is 14.3 Å². The van der Waals surface area contributed by atoms with Crippen LogP contribution in [-0.2, 0) is 23.2 Å². The van der Waals surface area contributed by atoms with Crippen LogP contribution in [0.5, 0.6) is 0 Å². The minimum atomic E-state index is -0.670. The van der Waals surface area contributed by atoms with Crippen LogP contribution in [0, 0.1) is 0 Å². The van der Waals surface area contributed by atoms with Crippen LogP contribution >= 0.6 is 34.5 Å². The van der Waals surface area contributed by atoms with Crippen molar-refractivity contribution in [3.63, 3.8) is 0 Å². The summed E-state index contributed by atoms with van der Waals surface area (Å²) in [7, 11) is 1.60. The van der Waals surface area contributed by atoms with Gasteiger partial charge in [0.25, 0.3) is 11.5 Å². The van der Waals surface area contributed by atoms with Gasteiger partial charge in [-0.05, 0) is 29.6 Å². The number of hydrogen-bond acceptors (Lipinski definition) is 7. The molecule has 4 rings (SSSR count). The zero-order valence-corrected chi connectivity index (χ0v) is 17.7. The van der Waals surface area contributed by atoms with Crippen molar-refractivity contribution in [1.82, 2.24) is 24.5 Å². The molecular formula is C18H13Cl2N5O4S. The van der Waals surface area contributed by atoms with Crippen molar-refractivity contribution >= 4 is 62.4 Å². The van der Waals surface area contributed by atoms with E-state index in [4.69, 9.17) is 27.9 Å². The Morgan fingerprint density at radius 2 is 2.03 bits per heavy atom. The fourth-order valence-electron chi connectivity index (χ4n) is 2.86. The van der Waals surface area contributed by atoms with Crippen LogP contribution in [0.15, 0.2) is 34.4 Å². The van der Waals surface area contributed by atoms with E-state index in [0.717, 1.165) is 0 Å². The molecule has 0 spiro atoms. The minimum absolute atomic E-state index is 0.174. The summed E-state index contributed by atoms with van der Waals surface area (Å²) in [6, 6.07) is 6.20. The number of esters is 1. The van der Waals surface area contributed by atoms with Gasteiger partial charge in [-0.1, -0.05) is 23.2 Å². The maximum absolute atomic E-state index is 12.3. The summed E-state index contributed by atoms with van der Waals surface area (Å²) >= 11 is 13.1. The summed E-state index contributed by atoms with van der Waals surface area (Å²) in [4.78, 5) is 36.6. The van der Waals surface area contributed by atoms with E-state index in [1.165, 1.54) is 34.1 Å². The quantitative estimate of drug-likeness (QED) is 0.453. The highest BCUT2D eigenvalue weighted by Crippen LogP contribution is 2.21. The van der Waals surface area contributed by atoms with E-state index in [1.807, 2.05) is 0 Å². The third-order valence-electron chi connectivity index (χ3n) is 4.33. The molecule has 0 radical (unpaired) electrons. The molecule has 3 aromatic heterocycles. The monoisotopic (exact) mass is 465 g/mol. The normalized spacial score (nSPS) is 11.2. The predicted octanol–water partition coefficient (Wildman–Crippen LogP) is 2.42. The summed E-state index contributed by atoms with van der Waals surface area (Å²) in [5, 5.41) is 12.8. The Morgan fingerprint density at radius 1 is 1.23 bits per heavy atom. The number of halogens is 2. The molecule has 0 aliphatic heterocycles. The number of hydrogen-bond donors (Lipinski definition) is 1. The highest BCUT2D eigenvalue weighted by Gasteiger charge is 2.17. The molecule has 0 unspecified atom stereocenters. The first kappa shape index (κ1) is 20.3. The third kappa shape index (κ3) is 3.64. The average Bonchev–Trinajstić information content (AvgIpc) is 3.35. The highest BCUT2D eigenvalue weighted by atomic mass is 35.5. The van der Waals surface area contributed by atoms with Gasteiger partial charge in [0.15, 0.2) is 12.4 Å². The molecule has 0 saturated heterocycles. The van der Waals surface area contributed by atoms with E-state index >= 15 is 0 Å². The predicted molar refractivity (Wildman–Crippen MR) is 112 cm³/mol. The fourth-order valence-corrected chi connectivity index (χ4v) is 4.21. The van der Waals surface area contributed by atoms with Crippen molar-refractivity contribution in [2.75, 3.05) is 6.54 Å². The molecule has 30 heavy (non-hydrogen) atoms. The van der Waals surface area contributed by atoms with E-state index in [9.17, 15) is 14.4 Å². The number of fused-ring (bicyclic) bond motifs is 3. The Labute approximate surface area is 182 Å². The molecule has 0 fully saturated rings. The van der Waals surface area contributed by atoms with Gasteiger partial charge >= 0.3 is 5.97 Å². The van der Waals surface area contributed by atoms with Crippen molar-refractivity contribution in [2.45, 2.75) is 6.61 Å². The summed E-state index contributed by atoms with van der Waals surface area (Å²) in [5.74, 6) is -0.514. The van der Waals surface area contributed by atoms with Gasteiger partial charge in [0.05, 0.1) is 16.1 Å². The Morgan fingerprint density at radius 3 is 2.80 bits per heavy atom. The van der Waals surface area contributed by atoms with Gasteiger partial charge in [-0.25, -0.2) is 0 Å². The molecule has 1 N–H and O–H groups in total. The van der Waals surface area contributed by atoms with E-state index in [2.05, 4.69) is 15.5 Å². The highest BCUT2D eigenvalue weighted by molar-refractivity contribution is 7.17. The number of nitrogens with one attached hydrogen (secondary N) is 1. The van der Waals surface area contributed by atoms with Crippen LogP contribution in [-0.4, -0.2) is 37.6 Å². The van der Waals surface area contributed by atoms with E-state index in [1.54, 1.807) is 22.9 Å². The van der Waals surface area contributed by atoms with Gasteiger partial charge in [0.2, 0.25) is 5.78 Å². The zero-order chi connectivity index (χ0) is 21.4. The number of benzene rings is 1. The number of carbonyl (C=O) groups is 2. The van der Waals surface area contributed by atoms with Gasteiger partial charge in [0.1, 0.15) is 11.2 Å². The maximum Gasteiger partial charge on any atom is 0.325 e. The molecule has 3 heterocycles. The lowest BCUT2D eigenvalue weighted by Crippen LogP contribution is -2.30. The van der Waals surface area contributed by atoms with Crippen molar-refractivity contribution in [2.24, 2.45) is 7.05 Å². The van der Waals surface area contributed by atoms with Crippen LogP contribution < -0.4 is 10.9 Å². The molecule has 4 aromatic rings. The fraction of sp³-hybridized carbons (Fsp3) is 0.167. The number of thiophene rings is 1. The van der Waals surface area contributed by atoms with Gasteiger partial charge in [-0.3, -0.25) is 23.4 Å². The Kier molecular flexibility index (Phi) is 5.46. The number of ether oxygens (including phenoxy) is 1. The lowest BCUT2D eigenvalue weighted by molar-refractivity contribution is -0.143. The molecule has 0 atom stereocenters. The van der Waals surface area contributed by atoms with Crippen molar-refractivity contribution in [3.05, 3.63) is 61.4 Å². The molecule has 0 bridgehead atoms. The van der Waals surface area contributed by atoms with Crippen LogP contribution in [0.4, 0.5) is 0 Å². The summed E-state index contributed by atoms with van der Waals surface area (Å²) < 4.78 is 8.80. The number of aromatic nitrogens is 4.